The Labute approximate surface area is 184 Å². The van der Waals surface area contributed by atoms with Crippen molar-refractivity contribution in [3.8, 4) is 11.3 Å². The normalized spacial score (nSPS) is 11.0. The summed E-state index contributed by atoms with van der Waals surface area (Å²) in [7, 11) is 1.35. The zero-order chi connectivity index (χ0) is 22.4. The van der Waals surface area contributed by atoms with Crippen LogP contribution in [0.25, 0.3) is 11.3 Å². The number of aryl methyl sites for hydroxylation is 3. The maximum atomic E-state index is 12.0. The van der Waals surface area contributed by atoms with E-state index in [0.717, 1.165) is 22.5 Å². The first-order valence-corrected chi connectivity index (χ1v) is 10.4. The van der Waals surface area contributed by atoms with Crippen molar-refractivity contribution < 1.29 is 18.7 Å². The number of ether oxygens (including phenoxy) is 1. The van der Waals surface area contributed by atoms with Crippen LogP contribution in [0.5, 0.6) is 0 Å². The number of hydrazone groups is 1. The number of nitrogens with one attached hydrogen (secondary N) is 1. The number of methoxy groups -OCH3 is 1. The molecule has 2 heterocycles. The molecule has 0 bridgehead atoms. The predicted molar refractivity (Wildman–Crippen MR) is 118 cm³/mol. The van der Waals surface area contributed by atoms with Gasteiger partial charge in [0.2, 0.25) is 0 Å². The molecule has 8 nitrogen and oxygen atoms in total. The van der Waals surface area contributed by atoms with Gasteiger partial charge in [0.25, 0.3) is 5.91 Å². The molecular weight excluding hydrogens is 416 g/mol. The van der Waals surface area contributed by atoms with Gasteiger partial charge in [-0.3, -0.25) is 4.79 Å². The van der Waals surface area contributed by atoms with Crippen LogP contribution in [0.1, 0.15) is 33.1 Å². The Balaban J connectivity index is 1.57. The second-order valence-electron chi connectivity index (χ2n) is 6.74. The highest BCUT2D eigenvalue weighted by Crippen LogP contribution is 2.26. The number of carbonyl (C=O) groups is 2. The van der Waals surface area contributed by atoms with E-state index in [4.69, 9.17) is 9.15 Å². The number of carbonyl (C=O) groups excluding carboxylic acids is 2. The maximum absolute atomic E-state index is 12.0. The first-order valence-electron chi connectivity index (χ1n) is 9.42. The van der Waals surface area contributed by atoms with Crippen LogP contribution in [0, 0.1) is 20.8 Å². The number of nitrogens with zero attached hydrogens (tertiary/aromatic N) is 3. The third kappa shape index (κ3) is 6.02. The van der Waals surface area contributed by atoms with E-state index in [9.17, 15) is 9.59 Å². The molecule has 9 heteroatoms. The molecule has 1 amide bonds. The summed E-state index contributed by atoms with van der Waals surface area (Å²) < 4.78 is 10.5. The van der Waals surface area contributed by atoms with Gasteiger partial charge in [-0.05, 0) is 56.7 Å². The van der Waals surface area contributed by atoms with Crippen molar-refractivity contribution in [1.29, 1.82) is 0 Å². The maximum Gasteiger partial charge on any atom is 0.337 e. The lowest BCUT2D eigenvalue weighted by atomic mass is 10.0. The summed E-state index contributed by atoms with van der Waals surface area (Å²) in [5, 5.41) is 4.49. The lowest BCUT2D eigenvalue weighted by Gasteiger charge is -2.05. The molecule has 0 atom stereocenters. The van der Waals surface area contributed by atoms with Crippen molar-refractivity contribution in [3.63, 3.8) is 0 Å². The standard InChI is InChI=1S/C22H22N4O4S/c1-13-9-16(21(28)29-4)5-7-18(13)19-8-6-17(30-19)11-23-26-20(27)12-31-22-24-14(2)10-15(3)25-22/h5-11H,12H2,1-4H3,(H,26,27)/b23-11-. The molecule has 0 aliphatic carbocycles. The van der Waals surface area contributed by atoms with Gasteiger partial charge in [-0.15, -0.1) is 0 Å². The highest BCUT2D eigenvalue weighted by atomic mass is 32.2. The summed E-state index contributed by atoms with van der Waals surface area (Å²) >= 11 is 1.25. The van der Waals surface area contributed by atoms with Crippen LogP contribution in [0.3, 0.4) is 0 Å². The Bertz CT molecular complexity index is 1120. The van der Waals surface area contributed by atoms with Crippen molar-refractivity contribution in [2.75, 3.05) is 12.9 Å². The molecule has 0 aliphatic rings. The Kier molecular flexibility index (Phi) is 7.19. The summed E-state index contributed by atoms with van der Waals surface area (Å²) in [4.78, 5) is 32.2. The summed E-state index contributed by atoms with van der Waals surface area (Å²) in [6.07, 6.45) is 1.43. The Morgan fingerprint density at radius 3 is 2.55 bits per heavy atom. The topological polar surface area (TPSA) is 107 Å². The Morgan fingerprint density at radius 1 is 1.13 bits per heavy atom. The van der Waals surface area contributed by atoms with Crippen molar-refractivity contribution >= 4 is 29.9 Å². The van der Waals surface area contributed by atoms with Gasteiger partial charge in [0.05, 0.1) is 24.6 Å². The molecule has 1 aromatic carbocycles. The zero-order valence-electron chi connectivity index (χ0n) is 17.6. The van der Waals surface area contributed by atoms with Crippen molar-refractivity contribution in [3.05, 3.63) is 64.7 Å². The minimum absolute atomic E-state index is 0.148. The van der Waals surface area contributed by atoms with Crippen LogP contribution >= 0.6 is 11.8 Å². The van der Waals surface area contributed by atoms with E-state index in [0.29, 0.717) is 22.2 Å². The summed E-state index contributed by atoms with van der Waals surface area (Å²) in [6.45, 7) is 5.65. The average molecular weight is 439 g/mol. The van der Waals surface area contributed by atoms with Crippen LogP contribution in [0.15, 0.2) is 51.1 Å². The number of hydrogen-bond acceptors (Lipinski definition) is 8. The third-order valence-corrected chi connectivity index (χ3v) is 5.06. The summed E-state index contributed by atoms with van der Waals surface area (Å²) in [5.41, 5.74) is 6.38. The SMILES string of the molecule is COC(=O)c1ccc(-c2ccc(/C=N\NC(=O)CSc3nc(C)cc(C)n3)o2)c(C)c1. The number of rotatable bonds is 7. The molecule has 31 heavy (non-hydrogen) atoms. The number of furan rings is 1. The Hall–Kier alpha value is -3.46. The summed E-state index contributed by atoms with van der Waals surface area (Å²) in [5.74, 6) is 0.598. The van der Waals surface area contributed by atoms with Crippen LogP contribution in [0.2, 0.25) is 0 Å². The number of aromatic nitrogens is 2. The molecule has 0 saturated heterocycles. The molecule has 0 saturated carbocycles. The van der Waals surface area contributed by atoms with Gasteiger partial charge in [0.1, 0.15) is 11.5 Å². The predicted octanol–water partition coefficient (Wildman–Crippen LogP) is 3.69. The number of amides is 1. The number of thioether (sulfide) groups is 1. The Morgan fingerprint density at radius 2 is 1.87 bits per heavy atom. The van der Waals surface area contributed by atoms with Crippen LogP contribution in [0.4, 0.5) is 0 Å². The molecule has 0 aliphatic heterocycles. The number of esters is 1. The van der Waals surface area contributed by atoms with Gasteiger partial charge in [-0.2, -0.15) is 5.10 Å². The van der Waals surface area contributed by atoms with Gasteiger partial charge < -0.3 is 9.15 Å². The van der Waals surface area contributed by atoms with E-state index < -0.39 is 0 Å². The largest absolute Gasteiger partial charge is 0.465 e. The minimum atomic E-state index is -0.389. The molecule has 160 valence electrons. The molecule has 0 radical (unpaired) electrons. The lowest BCUT2D eigenvalue weighted by Crippen LogP contribution is -2.19. The first kappa shape index (κ1) is 22.2. The van der Waals surface area contributed by atoms with E-state index in [1.54, 1.807) is 30.3 Å². The van der Waals surface area contributed by atoms with E-state index in [1.165, 1.54) is 25.1 Å². The van der Waals surface area contributed by atoms with Gasteiger partial charge in [-0.1, -0.05) is 17.8 Å². The van der Waals surface area contributed by atoms with Gasteiger partial charge in [-0.25, -0.2) is 20.2 Å². The van der Waals surface area contributed by atoms with Gasteiger partial charge in [0, 0.05) is 17.0 Å². The molecule has 0 spiro atoms. The van der Waals surface area contributed by atoms with Crippen molar-refractivity contribution in [2.24, 2.45) is 5.10 Å². The highest BCUT2D eigenvalue weighted by molar-refractivity contribution is 7.99. The minimum Gasteiger partial charge on any atom is -0.465 e. The van der Waals surface area contributed by atoms with Crippen molar-refractivity contribution in [1.82, 2.24) is 15.4 Å². The van der Waals surface area contributed by atoms with E-state index in [1.807, 2.05) is 26.8 Å². The van der Waals surface area contributed by atoms with E-state index in [-0.39, 0.29) is 17.6 Å². The highest BCUT2D eigenvalue weighted by Gasteiger charge is 2.11. The number of benzene rings is 1. The first-order chi connectivity index (χ1) is 14.9. The number of hydrogen-bond donors (Lipinski definition) is 1. The van der Waals surface area contributed by atoms with Crippen LogP contribution < -0.4 is 5.43 Å². The average Bonchev–Trinajstić information content (AvgIpc) is 3.19. The second kappa shape index (κ2) is 10.0. The van der Waals surface area contributed by atoms with E-state index >= 15 is 0 Å². The molecule has 0 unspecified atom stereocenters. The summed E-state index contributed by atoms with van der Waals surface area (Å²) in [6, 6.07) is 10.7. The molecule has 1 N–H and O–H groups in total. The molecule has 0 fully saturated rings. The molecular formula is C22H22N4O4S. The van der Waals surface area contributed by atoms with Gasteiger partial charge in [0.15, 0.2) is 5.16 Å². The molecule has 3 aromatic rings. The van der Waals surface area contributed by atoms with Gasteiger partial charge >= 0.3 is 5.97 Å². The molecule has 2 aromatic heterocycles. The molecule has 3 rings (SSSR count). The van der Waals surface area contributed by atoms with Crippen LogP contribution in [-0.4, -0.2) is 40.9 Å². The fraction of sp³-hybridized carbons (Fsp3) is 0.227. The lowest BCUT2D eigenvalue weighted by molar-refractivity contribution is -0.118. The smallest absolute Gasteiger partial charge is 0.337 e. The van der Waals surface area contributed by atoms with E-state index in [2.05, 4.69) is 20.5 Å². The van der Waals surface area contributed by atoms with Crippen molar-refractivity contribution in [2.45, 2.75) is 25.9 Å². The fourth-order valence-electron chi connectivity index (χ4n) is 2.84. The second-order valence-corrected chi connectivity index (χ2v) is 7.68. The third-order valence-electron chi connectivity index (χ3n) is 4.21. The fourth-order valence-corrected chi connectivity index (χ4v) is 3.58. The monoisotopic (exact) mass is 438 g/mol. The quantitative estimate of drug-likeness (QED) is 0.197. The van der Waals surface area contributed by atoms with Crippen LogP contribution in [-0.2, 0) is 9.53 Å². The zero-order valence-corrected chi connectivity index (χ0v) is 18.4.